The van der Waals surface area contributed by atoms with E-state index in [4.69, 9.17) is 9.47 Å². The Kier molecular flexibility index (Phi) is 14.2. The maximum Gasteiger partial charge on any atom is 0.333 e. The minimum atomic E-state index is -0.482. The van der Waals surface area contributed by atoms with Crippen LogP contribution < -0.4 is 0 Å². The molecule has 0 aromatic heterocycles. The highest BCUT2D eigenvalue weighted by Gasteiger charge is 2.17. The van der Waals surface area contributed by atoms with Crippen LogP contribution in [0.1, 0.15) is 85.5 Å². The molecule has 146 valence electrons. The third-order valence-electron chi connectivity index (χ3n) is 4.66. The van der Waals surface area contributed by atoms with E-state index in [1.165, 1.54) is 0 Å². The minimum Gasteiger partial charge on any atom is -0.465 e. The molecule has 0 saturated carbocycles. The van der Waals surface area contributed by atoms with E-state index >= 15 is 0 Å². The number of ether oxygens (including phenoxy) is 2. The smallest absolute Gasteiger partial charge is 0.333 e. The van der Waals surface area contributed by atoms with Crippen molar-refractivity contribution in [3.63, 3.8) is 0 Å². The normalized spacial score (nSPS) is 13.1. The average molecular weight is 355 g/mol. The van der Waals surface area contributed by atoms with Crippen LogP contribution in [0.4, 0.5) is 0 Å². The van der Waals surface area contributed by atoms with Gasteiger partial charge in [0.15, 0.2) is 0 Å². The van der Waals surface area contributed by atoms with E-state index in [0.29, 0.717) is 25.0 Å². The number of hydrogen-bond donors (Lipinski definition) is 0. The van der Waals surface area contributed by atoms with Crippen molar-refractivity contribution in [1.29, 1.82) is 0 Å². The molecule has 0 rings (SSSR count). The van der Waals surface area contributed by atoms with Crippen molar-refractivity contribution in [1.82, 2.24) is 0 Å². The van der Waals surface area contributed by atoms with Crippen LogP contribution in [-0.4, -0.2) is 25.2 Å². The highest BCUT2D eigenvalue weighted by Crippen LogP contribution is 2.15. The molecule has 0 fully saturated rings. The molecular formula is C21H38O4. The maximum absolute atomic E-state index is 12.0. The summed E-state index contributed by atoms with van der Waals surface area (Å²) in [7, 11) is 0. The van der Waals surface area contributed by atoms with Gasteiger partial charge in [0, 0.05) is 5.57 Å². The summed E-state index contributed by atoms with van der Waals surface area (Å²) in [6.45, 7) is 13.0. The fraction of sp³-hybridized carbons (Fsp3) is 0.810. The van der Waals surface area contributed by atoms with Gasteiger partial charge in [0.2, 0.25) is 0 Å². The molecule has 0 aliphatic rings. The molecular weight excluding hydrogens is 316 g/mol. The zero-order chi connectivity index (χ0) is 19.1. The van der Waals surface area contributed by atoms with Crippen molar-refractivity contribution < 1.29 is 19.1 Å². The molecule has 25 heavy (non-hydrogen) atoms. The second-order valence-corrected chi connectivity index (χ2v) is 6.89. The third kappa shape index (κ3) is 11.8. The van der Waals surface area contributed by atoms with Crippen LogP contribution >= 0.6 is 0 Å². The Balaban J connectivity index is 4.12. The first-order chi connectivity index (χ1) is 12.0. The second-order valence-electron chi connectivity index (χ2n) is 6.89. The highest BCUT2D eigenvalue weighted by atomic mass is 16.5. The molecule has 0 bridgehead atoms. The molecule has 0 aliphatic carbocycles. The number of carbonyl (C=O) groups is 2. The molecule has 0 aliphatic heterocycles. The molecule has 0 spiro atoms. The van der Waals surface area contributed by atoms with E-state index in [-0.39, 0.29) is 12.0 Å². The first-order valence-electron chi connectivity index (χ1n) is 9.98. The van der Waals surface area contributed by atoms with Gasteiger partial charge in [0.25, 0.3) is 0 Å². The lowest BCUT2D eigenvalue weighted by Crippen LogP contribution is -2.18. The predicted octanol–water partition coefficient (Wildman–Crippen LogP) is 5.45. The number of carbonyl (C=O) groups excluding carboxylic acids is 2. The largest absolute Gasteiger partial charge is 0.465 e. The summed E-state index contributed by atoms with van der Waals surface area (Å²) in [6.07, 6.45) is 8.58. The van der Waals surface area contributed by atoms with Gasteiger partial charge in [-0.3, -0.25) is 4.79 Å². The minimum absolute atomic E-state index is 0.0885. The van der Waals surface area contributed by atoms with E-state index in [2.05, 4.69) is 34.3 Å². The average Bonchev–Trinajstić information content (AvgIpc) is 2.61. The van der Waals surface area contributed by atoms with Crippen LogP contribution in [0.2, 0.25) is 0 Å². The molecule has 0 amide bonds. The van der Waals surface area contributed by atoms with Crippen molar-refractivity contribution >= 4 is 11.9 Å². The van der Waals surface area contributed by atoms with Gasteiger partial charge >= 0.3 is 11.9 Å². The number of rotatable bonds is 15. The van der Waals surface area contributed by atoms with Gasteiger partial charge in [-0.05, 0) is 24.7 Å². The Morgan fingerprint density at radius 1 is 0.840 bits per heavy atom. The molecule has 2 atom stereocenters. The van der Waals surface area contributed by atoms with Gasteiger partial charge in [-0.2, -0.15) is 0 Å². The summed E-state index contributed by atoms with van der Waals surface area (Å²) in [4.78, 5) is 23.9. The summed E-state index contributed by atoms with van der Waals surface area (Å²) in [5.74, 6) is -0.0969. The van der Waals surface area contributed by atoms with Gasteiger partial charge in [0.1, 0.15) is 0 Å². The van der Waals surface area contributed by atoms with Gasteiger partial charge < -0.3 is 9.47 Å². The predicted molar refractivity (Wildman–Crippen MR) is 102 cm³/mol. The molecule has 4 nitrogen and oxygen atoms in total. The quantitative estimate of drug-likeness (QED) is 0.290. The van der Waals surface area contributed by atoms with Crippen molar-refractivity contribution in [2.75, 3.05) is 13.2 Å². The molecule has 0 aromatic rings. The molecule has 0 N–H and O–H groups in total. The lowest BCUT2D eigenvalue weighted by molar-refractivity contribution is -0.147. The standard InChI is InChI=1S/C21H38O4/c1-6-10-12-18(8-3)15-24-20(22)14-17(5)21(23)25-16-19(9-4)13-11-7-2/h18-19H,5-16H2,1-4H3/t18-,19+/m0/s1. The molecule has 4 heteroatoms. The van der Waals surface area contributed by atoms with Crippen molar-refractivity contribution in [3.05, 3.63) is 12.2 Å². The van der Waals surface area contributed by atoms with Crippen LogP contribution in [-0.2, 0) is 19.1 Å². The molecule has 0 radical (unpaired) electrons. The molecule has 0 saturated heterocycles. The maximum atomic E-state index is 12.0. The van der Waals surface area contributed by atoms with E-state index in [9.17, 15) is 9.59 Å². The summed E-state index contributed by atoms with van der Waals surface area (Å²) >= 11 is 0. The van der Waals surface area contributed by atoms with E-state index in [1.54, 1.807) is 0 Å². The van der Waals surface area contributed by atoms with Crippen LogP contribution in [0.3, 0.4) is 0 Å². The van der Waals surface area contributed by atoms with Crippen molar-refractivity contribution in [2.45, 2.75) is 85.5 Å². The zero-order valence-electron chi connectivity index (χ0n) is 16.8. The lowest BCUT2D eigenvalue weighted by atomic mass is 10.0. The summed E-state index contributed by atoms with van der Waals surface area (Å²) < 4.78 is 10.6. The first-order valence-corrected chi connectivity index (χ1v) is 9.98. The molecule has 0 aromatic carbocycles. The third-order valence-corrected chi connectivity index (χ3v) is 4.66. The number of unbranched alkanes of at least 4 members (excludes halogenated alkanes) is 2. The Morgan fingerprint density at radius 3 is 1.76 bits per heavy atom. The SMILES string of the molecule is C=C(CC(=O)OC[C@@H](CC)CCCC)C(=O)OC[C@H](CC)CCCC. The highest BCUT2D eigenvalue weighted by molar-refractivity contribution is 5.93. The molecule has 0 heterocycles. The Morgan fingerprint density at radius 2 is 1.32 bits per heavy atom. The second kappa shape index (κ2) is 15.0. The Hall–Kier alpha value is -1.32. The van der Waals surface area contributed by atoms with Crippen LogP contribution in [0, 0.1) is 11.8 Å². The van der Waals surface area contributed by atoms with Crippen molar-refractivity contribution in [2.24, 2.45) is 11.8 Å². The van der Waals surface area contributed by atoms with E-state index < -0.39 is 11.9 Å². The number of esters is 2. The monoisotopic (exact) mass is 354 g/mol. The van der Waals surface area contributed by atoms with Gasteiger partial charge in [-0.25, -0.2) is 4.79 Å². The Bertz CT molecular complexity index is 389. The summed E-state index contributed by atoms with van der Waals surface area (Å²) in [5, 5.41) is 0. The topological polar surface area (TPSA) is 52.6 Å². The molecule has 0 unspecified atom stereocenters. The summed E-state index contributed by atoms with van der Waals surface area (Å²) in [5.41, 5.74) is 0.178. The van der Waals surface area contributed by atoms with Crippen LogP contribution in [0.15, 0.2) is 12.2 Å². The lowest BCUT2D eigenvalue weighted by Gasteiger charge is -2.16. The summed E-state index contributed by atoms with van der Waals surface area (Å²) in [6, 6.07) is 0. The Labute approximate surface area is 154 Å². The number of hydrogen-bond acceptors (Lipinski definition) is 4. The first kappa shape index (κ1) is 23.7. The van der Waals surface area contributed by atoms with E-state index in [0.717, 1.165) is 51.4 Å². The van der Waals surface area contributed by atoms with Gasteiger partial charge in [-0.15, -0.1) is 0 Å². The van der Waals surface area contributed by atoms with Gasteiger partial charge in [0.05, 0.1) is 19.6 Å². The fourth-order valence-electron chi connectivity index (χ4n) is 2.60. The zero-order valence-corrected chi connectivity index (χ0v) is 16.8. The van der Waals surface area contributed by atoms with Crippen LogP contribution in [0.25, 0.3) is 0 Å². The van der Waals surface area contributed by atoms with Gasteiger partial charge in [-0.1, -0.05) is 72.8 Å². The van der Waals surface area contributed by atoms with Crippen LogP contribution in [0.5, 0.6) is 0 Å². The fourth-order valence-corrected chi connectivity index (χ4v) is 2.60. The van der Waals surface area contributed by atoms with E-state index in [1.807, 2.05) is 0 Å². The van der Waals surface area contributed by atoms with Crippen molar-refractivity contribution in [3.8, 4) is 0 Å².